The fourth-order valence-corrected chi connectivity index (χ4v) is 3.53. The summed E-state index contributed by atoms with van der Waals surface area (Å²) in [5.74, 6) is 0.725. The smallest absolute Gasteiger partial charge is 0.275 e. The average Bonchev–Trinajstić information content (AvgIpc) is 2.77. The van der Waals surface area contributed by atoms with Crippen molar-refractivity contribution in [1.82, 2.24) is 14.5 Å². The summed E-state index contributed by atoms with van der Waals surface area (Å²) in [6.07, 6.45) is 4.59. The molecule has 0 saturated carbocycles. The lowest BCUT2D eigenvalue weighted by atomic mass is 10.2. The first kappa shape index (κ1) is 16.4. The van der Waals surface area contributed by atoms with Crippen LogP contribution in [0.25, 0.3) is 11.0 Å². The quantitative estimate of drug-likeness (QED) is 0.660. The third-order valence-corrected chi connectivity index (χ3v) is 4.91. The predicted molar refractivity (Wildman–Crippen MR) is 99.5 cm³/mol. The molecule has 1 amide bonds. The summed E-state index contributed by atoms with van der Waals surface area (Å²) in [6, 6.07) is 8.86. The molecule has 0 aliphatic carbocycles. The molecule has 0 fully saturated rings. The maximum atomic E-state index is 12.4. The zero-order valence-electron chi connectivity index (χ0n) is 13.4. The number of nitrogens with one attached hydrogen (secondary N) is 1. The highest BCUT2D eigenvalue weighted by atomic mass is 35.5. The van der Waals surface area contributed by atoms with Crippen molar-refractivity contribution in [3.8, 4) is 0 Å². The van der Waals surface area contributed by atoms with Gasteiger partial charge in [0, 0.05) is 18.7 Å². The molecule has 2 aromatic heterocycles. The number of carbonyl (C=O) groups excluding carboxylic acids is 1. The zero-order chi connectivity index (χ0) is 17.4. The Morgan fingerprint density at radius 1 is 1.08 bits per heavy atom. The fourth-order valence-electron chi connectivity index (χ4n) is 3.20. The number of imidazole rings is 1. The van der Waals surface area contributed by atoms with Crippen LogP contribution in [0, 0.1) is 0 Å². The molecule has 1 aliphatic rings. The van der Waals surface area contributed by atoms with Gasteiger partial charge < -0.3 is 9.88 Å². The lowest BCUT2D eigenvalue weighted by Gasteiger charge is -2.07. The van der Waals surface area contributed by atoms with Crippen LogP contribution in [0.1, 0.15) is 35.6 Å². The second-order valence-electron chi connectivity index (χ2n) is 6.11. The van der Waals surface area contributed by atoms with Gasteiger partial charge in [0.1, 0.15) is 16.7 Å². The number of hydrogen-bond donors (Lipinski definition) is 1. The van der Waals surface area contributed by atoms with Crippen molar-refractivity contribution in [2.24, 2.45) is 0 Å². The monoisotopic (exact) mass is 374 g/mol. The topological polar surface area (TPSA) is 59.8 Å². The Balaban J connectivity index is 1.64. The molecule has 1 aromatic carbocycles. The summed E-state index contributed by atoms with van der Waals surface area (Å²) < 4.78 is 2.28. The van der Waals surface area contributed by atoms with Crippen LogP contribution in [0.2, 0.25) is 10.2 Å². The van der Waals surface area contributed by atoms with Gasteiger partial charge in [-0.3, -0.25) is 4.79 Å². The Bertz CT molecular complexity index is 967. The summed E-state index contributed by atoms with van der Waals surface area (Å²) in [5.41, 5.74) is 2.76. The highest BCUT2D eigenvalue weighted by molar-refractivity contribution is 6.35. The predicted octanol–water partition coefficient (Wildman–Crippen LogP) is 4.72. The molecule has 3 heterocycles. The molecule has 0 bridgehead atoms. The Morgan fingerprint density at radius 2 is 1.96 bits per heavy atom. The number of amides is 1. The molecule has 1 N–H and O–H groups in total. The van der Waals surface area contributed by atoms with Gasteiger partial charge in [-0.15, -0.1) is 0 Å². The molecule has 4 rings (SSSR count). The van der Waals surface area contributed by atoms with Crippen molar-refractivity contribution >= 4 is 45.8 Å². The highest BCUT2D eigenvalue weighted by Gasteiger charge is 2.16. The van der Waals surface area contributed by atoms with Crippen LogP contribution in [0.4, 0.5) is 5.69 Å². The molecule has 7 heteroatoms. The van der Waals surface area contributed by atoms with Crippen molar-refractivity contribution < 1.29 is 4.79 Å². The molecule has 0 radical (unpaired) electrons. The Hall–Kier alpha value is -2.11. The van der Waals surface area contributed by atoms with Crippen LogP contribution in [-0.4, -0.2) is 20.4 Å². The number of aryl methyl sites for hydroxylation is 2. The molecule has 3 aromatic rings. The first-order chi connectivity index (χ1) is 12.1. The second kappa shape index (κ2) is 6.65. The van der Waals surface area contributed by atoms with E-state index in [1.807, 2.05) is 18.2 Å². The van der Waals surface area contributed by atoms with Gasteiger partial charge in [0.2, 0.25) is 0 Å². The standard InChI is InChI=1S/C18H16Cl2N4O/c19-12-6-8-15(20)23-17(12)18(25)21-11-5-7-14-13(10-11)22-16-4-2-1-3-9-24(14)16/h5-8,10H,1-4,9H2,(H,21,25). The maximum absolute atomic E-state index is 12.4. The molecule has 0 spiro atoms. The second-order valence-corrected chi connectivity index (χ2v) is 6.91. The first-order valence-electron chi connectivity index (χ1n) is 8.24. The van der Waals surface area contributed by atoms with Crippen molar-refractivity contribution in [1.29, 1.82) is 0 Å². The van der Waals surface area contributed by atoms with Crippen molar-refractivity contribution in [2.45, 2.75) is 32.2 Å². The molecule has 128 valence electrons. The van der Waals surface area contributed by atoms with E-state index in [2.05, 4.69) is 14.9 Å². The summed E-state index contributed by atoms with van der Waals surface area (Å²) in [6.45, 7) is 1.000. The van der Waals surface area contributed by atoms with Gasteiger partial charge in [-0.2, -0.15) is 0 Å². The SMILES string of the molecule is O=C(Nc1ccc2c(c1)nc1n2CCCCC1)c1nc(Cl)ccc1Cl. The summed E-state index contributed by atoms with van der Waals surface area (Å²) in [4.78, 5) is 21.2. The first-order valence-corrected chi connectivity index (χ1v) is 9.00. The zero-order valence-corrected chi connectivity index (χ0v) is 14.9. The van der Waals surface area contributed by atoms with Gasteiger partial charge in [0.05, 0.1) is 16.1 Å². The summed E-state index contributed by atoms with van der Waals surface area (Å²) in [7, 11) is 0. The van der Waals surface area contributed by atoms with Crippen LogP contribution >= 0.6 is 23.2 Å². The van der Waals surface area contributed by atoms with E-state index in [9.17, 15) is 4.79 Å². The molecule has 1 aliphatic heterocycles. The summed E-state index contributed by atoms with van der Waals surface area (Å²) >= 11 is 11.9. The van der Waals surface area contributed by atoms with E-state index in [-0.39, 0.29) is 15.9 Å². The lowest BCUT2D eigenvalue weighted by molar-refractivity contribution is 0.102. The van der Waals surface area contributed by atoms with E-state index in [1.165, 1.54) is 19.3 Å². The number of nitrogens with zero attached hydrogens (tertiary/aromatic N) is 3. The third-order valence-electron chi connectivity index (χ3n) is 4.39. The molecule has 25 heavy (non-hydrogen) atoms. The van der Waals surface area contributed by atoms with E-state index in [0.717, 1.165) is 29.8 Å². The molecule has 0 atom stereocenters. The van der Waals surface area contributed by atoms with Gasteiger partial charge in [-0.25, -0.2) is 9.97 Å². The number of pyridine rings is 1. The molecule has 0 unspecified atom stereocenters. The van der Waals surface area contributed by atoms with E-state index in [4.69, 9.17) is 28.2 Å². The minimum atomic E-state index is -0.396. The molecule has 0 saturated heterocycles. The van der Waals surface area contributed by atoms with Gasteiger partial charge in [-0.05, 0) is 43.2 Å². The number of fused-ring (bicyclic) bond motifs is 3. The van der Waals surface area contributed by atoms with E-state index >= 15 is 0 Å². The molecule has 5 nitrogen and oxygen atoms in total. The number of halogens is 2. The van der Waals surface area contributed by atoms with Gasteiger partial charge in [0.15, 0.2) is 0 Å². The van der Waals surface area contributed by atoms with Gasteiger partial charge >= 0.3 is 0 Å². The van der Waals surface area contributed by atoms with Crippen LogP contribution in [0.3, 0.4) is 0 Å². The fraction of sp³-hybridized carbons (Fsp3) is 0.278. The van der Waals surface area contributed by atoms with Crippen LogP contribution in [-0.2, 0) is 13.0 Å². The van der Waals surface area contributed by atoms with E-state index in [1.54, 1.807) is 12.1 Å². The number of rotatable bonds is 2. The van der Waals surface area contributed by atoms with Gasteiger partial charge in [0.25, 0.3) is 5.91 Å². The largest absolute Gasteiger partial charge is 0.328 e. The Kier molecular flexibility index (Phi) is 4.36. The lowest BCUT2D eigenvalue weighted by Crippen LogP contribution is -2.14. The minimum Gasteiger partial charge on any atom is -0.328 e. The minimum absolute atomic E-state index is 0.106. The van der Waals surface area contributed by atoms with Crippen LogP contribution in [0.15, 0.2) is 30.3 Å². The van der Waals surface area contributed by atoms with Crippen molar-refractivity contribution in [2.75, 3.05) is 5.32 Å². The maximum Gasteiger partial charge on any atom is 0.275 e. The van der Waals surface area contributed by atoms with Gasteiger partial charge in [-0.1, -0.05) is 29.6 Å². The Morgan fingerprint density at radius 3 is 2.84 bits per heavy atom. The number of benzene rings is 1. The van der Waals surface area contributed by atoms with Crippen molar-refractivity contribution in [3.05, 3.63) is 52.0 Å². The highest BCUT2D eigenvalue weighted by Crippen LogP contribution is 2.25. The molecular weight excluding hydrogens is 359 g/mol. The average molecular weight is 375 g/mol. The number of hydrogen-bond acceptors (Lipinski definition) is 3. The van der Waals surface area contributed by atoms with E-state index in [0.29, 0.717) is 5.69 Å². The van der Waals surface area contributed by atoms with Crippen LogP contribution < -0.4 is 5.32 Å². The number of carbonyl (C=O) groups is 1. The van der Waals surface area contributed by atoms with Crippen LogP contribution in [0.5, 0.6) is 0 Å². The number of aromatic nitrogens is 3. The van der Waals surface area contributed by atoms with E-state index < -0.39 is 5.91 Å². The Labute approximate surface area is 155 Å². The van der Waals surface area contributed by atoms with Crippen molar-refractivity contribution in [3.63, 3.8) is 0 Å². The summed E-state index contributed by atoms with van der Waals surface area (Å²) in [5, 5.41) is 3.30. The molecular formula is C18H16Cl2N4O. The number of anilines is 1. The normalized spacial score (nSPS) is 14.2. The third kappa shape index (κ3) is 3.22.